The molecule has 9 nitrogen and oxygen atoms in total. The van der Waals surface area contributed by atoms with Crippen LogP contribution in [0.5, 0.6) is 0 Å². The van der Waals surface area contributed by atoms with Crippen molar-refractivity contribution in [2.75, 3.05) is 26.2 Å². The van der Waals surface area contributed by atoms with Crippen molar-refractivity contribution in [2.24, 2.45) is 0 Å². The lowest BCUT2D eigenvalue weighted by Crippen LogP contribution is -2.57. The minimum atomic E-state index is -1.29. The van der Waals surface area contributed by atoms with Crippen LogP contribution in [0, 0.1) is 23.3 Å². The number of hydrogen-bond donors (Lipinski definition) is 0. The van der Waals surface area contributed by atoms with Gasteiger partial charge in [-0.1, -0.05) is 17.2 Å². The second-order valence-corrected chi connectivity index (χ2v) is 9.19. The summed E-state index contributed by atoms with van der Waals surface area (Å²) in [6.45, 7) is 1.65. The number of likely N-dealkylation sites (tertiary alicyclic amines) is 1. The summed E-state index contributed by atoms with van der Waals surface area (Å²) >= 11 is 0. The van der Waals surface area contributed by atoms with Gasteiger partial charge >= 0.3 is 18.0 Å². The third kappa shape index (κ3) is 4.90. The van der Waals surface area contributed by atoms with Crippen molar-refractivity contribution in [3.05, 3.63) is 70.8 Å². The number of carbonyl (C=O) groups is 3. The normalized spacial score (nSPS) is 20.9. The van der Waals surface area contributed by atoms with E-state index in [-0.39, 0.29) is 17.7 Å². The summed E-state index contributed by atoms with van der Waals surface area (Å²) in [6, 6.07) is 6.41. The smallest absolute Gasteiger partial charge is 0.434 e. The van der Waals surface area contributed by atoms with Crippen molar-refractivity contribution in [3.63, 3.8) is 0 Å². The summed E-state index contributed by atoms with van der Waals surface area (Å²) in [4.78, 5) is 42.0. The molecule has 3 aliphatic heterocycles. The molecule has 3 fully saturated rings. The molecule has 0 N–H and O–H groups in total. The lowest BCUT2D eigenvalue weighted by molar-refractivity contribution is -0.251. The minimum Gasteiger partial charge on any atom is -0.434 e. The van der Waals surface area contributed by atoms with Crippen molar-refractivity contribution < 1.29 is 51.0 Å². The molecule has 0 aliphatic carbocycles. The van der Waals surface area contributed by atoms with Crippen LogP contribution >= 0.6 is 0 Å². The highest BCUT2D eigenvalue weighted by molar-refractivity contribution is 6.30. The molecule has 38 heavy (non-hydrogen) atoms. The van der Waals surface area contributed by atoms with E-state index in [1.54, 1.807) is 0 Å². The number of piperidine rings is 1. The Hall–Kier alpha value is -3.71. The van der Waals surface area contributed by atoms with Crippen LogP contribution in [-0.4, -0.2) is 66.1 Å². The van der Waals surface area contributed by atoms with Gasteiger partial charge < -0.3 is 23.9 Å². The number of hydroxylamine groups is 2. The molecule has 1 spiro atoms. The van der Waals surface area contributed by atoms with Gasteiger partial charge in [0.1, 0.15) is 6.10 Å². The zero-order chi connectivity index (χ0) is 27.0. The number of rotatable bonds is 7. The number of fused-ring (bicyclic) bond motifs is 2. The maximum atomic E-state index is 13.9. The number of amides is 1. The Bertz CT molecular complexity index is 1220. The maximum absolute atomic E-state index is 13.9. The largest absolute Gasteiger partial charge is 0.447 e. The molecule has 1 atom stereocenters. The number of nitrogens with zero attached hydrogens (tertiary/aromatic N) is 2. The van der Waals surface area contributed by atoms with Gasteiger partial charge in [0.2, 0.25) is 0 Å². The molecule has 3 saturated heterocycles. The summed E-state index contributed by atoms with van der Waals surface area (Å²) in [5.41, 5.74) is -0.652. The highest BCUT2D eigenvalue weighted by atomic mass is 19.2. The lowest BCUT2D eigenvalue weighted by atomic mass is 9.89. The molecule has 2 aromatic carbocycles. The molecular formula is C25H22F4N2O7. The average molecular weight is 538 g/mol. The van der Waals surface area contributed by atoms with Gasteiger partial charge in [-0.2, -0.15) is 0 Å². The molecule has 13 heteroatoms. The van der Waals surface area contributed by atoms with Crippen LogP contribution in [0.15, 0.2) is 36.4 Å². The molecule has 0 aromatic heterocycles. The Kier molecular flexibility index (Phi) is 6.97. The molecular weight excluding hydrogens is 516 g/mol. The third-order valence-corrected chi connectivity index (χ3v) is 6.80. The minimum absolute atomic E-state index is 0.156. The Morgan fingerprint density at radius 2 is 1.50 bits per heavy atom. The molecule has 1 unspecified atom stereocenters. The monoisotopic (exact) mass is 538 g/mol. The fourth-order valence-electron chi connectivity index (χ4n) is 4.82. The highest BCUT2D eigenvalue weighted by Gasteiger charge is 2.62. The van der Waals surface area contributed by atoms with E-state index in [2.05, 4.69) is 4.90 Å². The van der Waals surface area contributed by atoms with Crippen LogP contribution in [0.2, 0.25) is 0 Å². The van der Waals surface area contributed by atoms with E-state index in [1.807, 2.05) is 0 Å². The van der Waals surface area contributed by atoms with E-state index in [1.165, 1.54) is 12.1 Å². The van der Waals surface area contributed by atoms with Crippen LogP contribution in [0.3, 0.4) is 0 Å². The van der Waals surface area contributed by atoms with Crippen LogP contribution in [0.1, 0.15) is 36.5 Å². The van der Waals surface area contributed by atoms with Crippen molar-refractivity contribution in [2.45, 2.75) is 37.2 Å². The first-order valence-electron chi connectivity index (χ1n) is 11.9. The van der Waals surface area contributed by atoms with Gasteiger partial charge in [0, 0.05) is 39.1 Å². The standard InChI is InChI=1S/C25H22F4N2O7/c26-16-4-2-14(12-18(16)28)20(15-3-5-17(27)19(29)13-15)35-11-1-8-30-9-6-25(7-10-30)23-31(24(34)37-25)38-22(33)21(32)36-23/h2-5,12-13,20,23H,1,6-11H2. The van der Waals surface area contributed by atoms with Crippen molar-refractivity contribution in [3.8, 4) is 0 Å². The van der Waals surface area contributed by atoms with E-state index in [0.29, 0.717) is 44.0 Å². The third-order valence-electron chi connectivity index (χ3n) is 6.80. The number of ether oxygens (including phenoxy) is 3. The molecule has 0 radical (unpaired) electrons. The number of benzene rings is 2. The van der Waals surface area contributed by atoms with Gasteiger partial charge in [-0.3, -0.25) is 0 Å². The summed E-state index contributed by atoms with van der Waals surface area (Å²) in [5.74, 6) is -6.76. The van der Waals surface area contributed by atoms with Crippen molar-refractivity contribution in [1.29, 1.82) is 0 Å². The van der Waals surface area contributed by atoms with E-state index < -0.39 is 59.2 Å². The van der Waals surface area contributed by atoms with Crippen molar-refractivity contribution >= 4 is 18.0 Å². The second-order valence-electron chi connectivity index (χ2n) is 9.19. The predicted molar refractivity (Wildman–Crippen MR) is 118 cm³/mol. The fourth-order valence-corrected chi connectivity index (χ4v) is 4.82. The first kappa shape index (κ1) is 25.9. The topological polar surface area (TPSA) is 94.6 Å². The van der Waals surface area contributed by atoms with Gasteiger partial charge in [0.05, 0.1) is 0 Å². The molecule has 1 amide bonds. The lowest BCUT2D eigenvalue weighted by Gasteiger charge is -2.40. The first-order valence-corrected chi connectivity index (χ1v) is 11.9. The molecule has 2 aromatic rings. The fraction of sp³-hybridized carbons (Fsp3) is 0.400. The Labute approximate surface area is 213 Å². The summed E-state index contributed by atoms with van der Waals surface area (Å²) in [6.07, 6.45) is -1.89. The number of halogens is 4. The van der Waals surface area contributed by atoms with Crippen LogP contribution < -0.4 is 0 Å². The van der Waals surface area contributed by atoms with E-state index in [4.69, 9.17) is 19.0 Å². The van der Waals surface area contributed by atoms with Crippen LogP contribution in [0.25, 0.3) is 0 Å². The van der Waals surface area contributed by atoms with Crippen molar-refractivity contribution in [1.82, 2.24) is 9.96 Å². The number of esters is 1. The zero-order valence-corrected chi connectivity index (χ0v) is 19.8. The van der Waals surface area contributed by atoms with Crippen LogP contribution in [0.4, 0.5) is 22.4 Å². The highest BCUT2D eigenvalue weighted by Crippen LogP contribution is 2.41. The Balaban J connectivity index is 1.18. The van der Waals surface area contributed by atoms with Gasteiger partial charge in [-0.05, 0) is 41.8 Å². The molecule has 3 heterocycles. The molecule has 0 bridgehead atoms. The maximum Gasteiger partial charge on any atom is 0.447 e. The molecule has 3 aliphatic rings. The SMILES string of the molecule is O=C1OC2N(OC1=O)C(=O)OC21CCN(CCCOC(c2ccc(F)c(F)c2)c2ccc(F)c(F)c2)CC1. The first-order chi connectivity index (χ1) is 18.2. The predicted octanol–water partition coefficient (Wildman–Crippen LogP) is 3.37. The van der Waals surface area contributed by atoms with Gasteiger partial charge in [-0.15, -0.1) is 0 Å². The Morgan fingerprint density at radius 1 is 0.895 bits per heavy atom. The van der Waals surface area contributed by atoms with Crippen LogP contribution in [-0.2, 0) is 28.6 Å². The van der Waals surface area contributed by atoms with E-state index in [9.17, 15) is 31.9 Å². The van der Waals surface area contributed by atoms with Gasteiger partial charge in [0.15, 0.2) is 28.9 Å². The van der Waals surface area contributed by atoms with Gasteiger partial charge in [-0.25, -0.2) is 31.9 Å². The Morgan fingerprint density at radius 3 is 2.08 bits per heavy atom. The number of hydrogen-bond acceptors (Lipinski definition) is 8. The molecule has 202 valence electrons. The molecule has 5 rings (SSSR count). The summed E-state index contributed by atoms with van der Waals surface area (Å²) in [7, 11) is 0. The molecule has 0 saturated carbocycles. The van der Waals surface area contributed by atoms with E-state index >= 15 is 0 Å². The zero-order valence-electron chi connectivity index (χ0n) is 19.8. The van der Waals surface area contributed by atoms with Gasteiger partial charge in [0.25, 0.3) is 6.23 Å². The average Bonchev–Trinajstić information content (AvgIpc) is 3.14. The quantitative estimate of drug-likeness (QED) is 0.229. The number of carbonyl (C=O) groups excluding carboxylic acids is 3. The summed E-state index contributed by atoms with van der Waals surface area (Å²) < 4.78 is 71.1. The summed E-state index contributed by atoms with van der Waals surface area (Å²) in [5, 5.41) is 0.643. The van der Waals surface area contributed by atoms with E-state index in [0.717, 1.165) is 24.3 Å². The second kappa shape index (κ2) is 10.2.